The number of benzene rings is 2. The molecule has 0 N–H and O–H groups in total. The molecule has 2 unspecified atom stereocenters. The maximum absolute atomic E-state index is 2.63. The SMILES string of the molecule is Cc1ccc(C)c2c1C=CC2(CCC1([Si](C)(C)C)C=Cc2c(C)ccc(C)c21)[Si](C)(C)C. The fourth-order valence-electron chi connectivity index (χ4n) is 6.71. The number of fused-ring (bicyclic) bond motifs is 2. The van der Waals surface area contributed by atoms with Gasteiger partial charge < -0.3 is 0 Å². The quantitative estimate of drug-likeness (QED) is 0.393. The van der Waals surface area contributed by atoms with E-state index >= 15 is 0 Å². The third-order valence-electron chi connectivity index (χ3n) is 8.90. The molecular formula is C30H42Si2. The molecule has 2 aromatic rings. The Labute approximate surface area is 198 Å². The minimum atomic E-state index is -1.56. The molecule has 32 heavy (non-hydrogen) atoms. The van der Waals surface area contributed by atoms with Crippen molar-refractivity contribution in [2.24, 2.45) is 0 Å². The van der Waals surface area contributed by atoms with Gasteiger partial charge in [-0.05, 0) is 85.0 Å². The zero-order valence-electron chi connectivity index (χ0n) is 22.0. The van der Waals surface area contributed by atoms with Gasteiger partial charge in [0.15, 0.2) is 0 Å². The first-order valence-corrected chi connectivity index (χ1v) is 19.3. The van der Waals surface area contributed by atoms with Gasteiger partial charge in [-0.1, -0.05) is 87.9 Å². The Morgan fingerprint density at radius 2 is 0.844 bits per heavy atom. The van der Waals surface area contributed by atoms with E-state index in [4.69, 9.17) is 0 Å². The van der Waals surface area contributed by atoms with Crippen molar-refractivity contribution in [3.05, 3.63) is 80.9 Å². The van der Waals surface area contributed by atoms with Crippen LogP contribution in [0, 0.1) is 27.7 Å². The summed E-state index contributed by atoms with van der Waals surface area (Å²) in [7, 11) is -3.11. The van der Waals surface area contributed by atoms with Crippen LogP contribution in [0.5, 0.6) is 0 Å². The van der Waals surface area contributed by atoms with Crippen molar-refractivity contribution in [3.8, 4) is 0 Å². The Balaban J connectivity index is 1.87. The van der Waals surface area contributed by atoms with E-state index in [1.54, 1.807) is 11.1 Å². The topological polar surface area (TPSA) is 0 Å². The van der Waals surface area contributed by atoms with Gasteiger partial charge >= 0.3 is 0 Å². The van der Waals surface area contributed by atoms with E-state index in [1.165, 1.54) is 46.2 Å². The summed E-state index contributed by atoms with van der Waals surface area (Å²) in [5.74, 6) is 0. The van der Waals surface area contributed by atoms with Crippen molar-refractivity contribution in [1.29, 1.82) is 0 Å². The summed E-state index contributed by atoms with van der Waals surface area (Å²) in [5.41, 5.74) is 12.1. The van der Waals surface area contributed by atoms with Crippen LogP contribution in [0.15, 0.2) is 36.4 Å². The highest BCUT2D eigenvalue weighted by Crippen LogP contribution is 2.54. The van der Waals surface area contributed by atoms with Gasteiger partial charge in [-0.15, -0.1) is 0 Å². The number of hydrogen-bond donors (Lipinski definition) is 0. The Hall–Kier alpha value is -1.65. The molecule has 0 amide bonds. The number of hydrogen-bond acceptors (Lipinski definition) is 0. The minimum absolute atomic E-state index is 0.208. The molecule has 0 saturated heterocycles. The lowest BCUT2D eigenvalue weighted by atomic mass is 9.83. The Morgan fingerprint density at radius 3 is 1.16 bits per heavy atom. The third kappa shape index (κ3) is 3.21. The lowest BCUT2D eigenvalue weighted by Crippen LogP contribution is -2.52. The lowest BCUT2D eigenvalue weighted by Gasteiger charge is -2.47. The zero-order valence-corrected chi connectivity index (χ0v) is 24.0. The van der Waals surface area contributed by atoms with Crippen molar-refractivity contribution in [1.82, 2.24) is 0 Å². The first-order valence-electron chi connectivity index (χ1n) is 12.3. The van der Waals surface area contributed by atoms with E-state index in [2.05, 4.69) is 116 Å². The van der Waals surface area contributed by atoms with Gasteiger partial charge in [-0.2, -0.15) is 0 Å². The van der Waals surface area contributed by atoms with E-state index in [0.717, 1.165) is 0 Å². The van der Waals surface area contributed by atoms with Crippen molar-refractivity contribution >= 4 is 28.3 Å². The normalized spacial score (nSPS) is 24.2. The first-order chi connectivity index (χ1) is 14.8. The Morgan fingerprint density at radius 1 is 0.531 bits per heavy atom. The van der Waals surface area contributed by atoms with Gasteiger partial charge in [0.05, 0.1) is 16.1 Å². The van der Waals surface area contributed by atoms with Crippen molar-refractivity contribution in [2.75, 3.05) is 0 Å². The summed E-state index contributed by atoms with van der Waals surface area (Å²) in [5, 5.41) is 0.415. The van der Waals surface area contributed by atoms with Crippen LogP contribution >= 0.6 is 0 Å². The Bertz CT molecular complexity index is 1050. The molecule has 0 heterocycles. The van der Waals surface area contributed by atoms with Crippen LogP contribution in [0.1, 0.15) is 57.3 Å². The van der Waals surface area contributed by atoms with E-state index < -0.39 is 16.1 Å². The molecule has 2 aliphatic rings. The lowest BCUT2D eigenvalue weighted by molar-refractivity contribution is 0.533. The fraction of sp³-hybridized carbons (Fsp3) is 0.467. The van der Waals surface area contributed by atoms with Crippen LogP contribution in [-0.2, 0) is 10.1 Å². The highest BCUT2D eigenvalue weighted by molar-refractivity contribution is 6.80. The molecule has 0 saturated carbocycles. The molecule has 0 spiro atoms. The molecule has 2 heteroatoms. The van der Waals surface area contributed by atoms with Gasteiger partial charge in [0, 0.05) is 10.1 Å². The number of allylic oxidation sites excluding steroid dienone is 2. The molecule has 0 aliphatic heterocycles. The first kappa shape index (κ1) is 23.5. The highest BCUT2D eigenvalue weighted by Gasteiger charge is 2.52. The van der Waals surface area contributed by atoms with E-state index in [-0.39, 0.29) is 10.1 Å². The van der Waals surface area contributed by atoms with Gasteiger partial charge in [0.2, 0.25) is 0 Å². The van der Waals surface area contributed by atoms with Crippen molar-refractivity contribution in [3.63, 3.8) is 0 Å². The Kier molecular flexibility index (Phi) is 5.46. The van der Waals surface area contributed by atoms with Gasteiger partial charge in [0.25, 0.3) is 0 Å². The maximum Gasteiger partial charge on any atom is 0.0605 e. The summed E-state index contributed by atoms with van der Waals surface area (Å²) in [6, 6.07) is 9.35. The van der Waals surface area contributed by atoms with Crippen LogP contribution < -0.4 is 0 Å². The second-order valence-corrected chi connectivity index (χ2v) is 23.4. The summed E-state index contributed by atoms with van der Waals surface area (Å²) in [4.78, 5) is 0. The molecule has 0 fully saturated rings. The van der Waals surface area contributed by atoms with E-state index in [1.807, 2.05) is 0 Å². The third-order valence-corrected chi connectivity index (χ3v) is 15.6. The average molecular weight is 459 g/mol. The van der Waals surface area contributed by atoms with Crippen molar-refractivity contribution < 1.29 is 0 Å². The molecule has 0 aromatic heterocycles. The highest BCUT2D eigenvalue weighted by atomic mass is 28.3. The number of aryl methyl sites for hydroxylation is 4. The molecule has 0 radical (unpaired) electrons. The van der Waals surface area contributed by atoms with Crippen LogP contribution in [-0.4, -0.2) is 16.1 Å². The zero-order chi connectivity index (χ0) is 23.7. The number of rotatable bonds is 5. The minimum Gasteiger partial charge on any atom is -0.0761 e. The average Bonchev–Trinajstić information content (AvgIpc) is 3.27. The molecule has 4 rings (SSSR count). The smallest absolute Gasteiger partial charge is 0.0605 e. The summed E-state index contributed by atoms with van der Waals surface area (Å²) in [6.07, 6.45) is 12.7. The maximum atomic E-state index is 2.63. The molecule has 0 bridgehead atoms. The van der Waals surface area contributed by atoms with Crippen LogP contribution in [0.4, 0.5) is 0 Å². The second-order valence-electron chi connectivity index (χ2n) is 12.6. The summed E-state index contributed by atoms with van der Waals surface area (Å²) >= 11 is 0. The predicted octanol–water partition coefficient (Wildman–Crippen LogP) is 8.68. The van der Waals surface area contributed by atoms with E-state index in [9.17, 15) is 0 Å². The molecule has 0 nitrogen and oxygen atoms in total. The molecule has 2 atom stereocenters. The summed E-state index contributed by atoms with van der Waals surface area (Å²) < 4.78 is 0. The van der Waals surface area contributed by atoms with Crippen LogP contribution in [0.25, 0.3) is 12.2 Å². The molecule has 2 aliphatic carbocycles. The van der Waals surface area contributed by atoms with Crippen LogP contribution in [0.3, 0.4) is 0 Å². The van der Waals surface area contributed by atoms with Gasteiger partial charge in [-0.25, -0.2) is 0 Å². The van der Waals surface area contributed by atoms with Crippen molar-refractivity contribution in [2.45, 2.75) is 89.9 Å². The van der Waals surface area contributed by atoms with E-state index in [0.29, 0.717) is 0 Å². The van der Waals surface area contributed by atoms with Gasteiger partial charge in [0.1, 0.15) is 0 Å². The molecule has 170 valence electrons. The molecule has 2 aromatic carbocycles. The second kappa shape index (κ2) is 7.43. The van der Waals surface area contributed by atoms with Crippen LogP contribution in [0.2, 0.25) is 39.3 Å². The van der Waals surface area contributed by atoms with Gasteiger partial charge in [-0.3, -0.25) is 0 Å². The largest absolute Gasteiger partial charge is 0.0761 e. The fourth-order valence-corrected chi connectivity index (χ4v) is 11.8. The molecular weight excluding hydrogens is 417 g/mol. The monoisotopic (exact) mass is 458 g/mol. The predicted molar refractivity (Wildman–Crippen MR) is 149 cm³/mol. The standard InChI is InChI=1S/C30H42Si2/c1-21-11-13-23(3)27-25(21)15-17-29(27,31(5,6)7)19-20-30(32(8,9)10)18-16-26-22(2)12-14-24(4)28(26)30/h11-18H,19-20H2,1-10H3. The summed E-state index contributed by atoms with van der Waals surface area (Å²) in [6.45, 7) is 24.8.